The van der Waals surface area contributed by atoms with Crippen molar-refractivity contribution in [2.24, 2.45) is 0 Å². The molecule has 1 heterocycles. The van der Waals surface area contributed by atoms with E-state index in [4.69, 9.17) is 0 Å². The average Bonchev–Trinajstić information content (AvgIpc) is 2.58. The van der Waals surface area contributed by atoms with Gasteiger partial charge < -0.3 is 5.32 Å². The van der Waals surface area contributed by atoms with Gasteiger partial charge in [0.05, 0.1) is 0 Å². The lowest BCUT2D eigenvalue weighted by Gasteiger charge is -2.09. The molecule has 17 heavy (non-hydrogen) atoms. The Kier molecular flexibility index (Phi) is 2.95. The number of carbonyl (C=O) groups is 2. The monoisotopic (exact) mass is 230 g/mol. The summed E-state index contributed by atoms with van der Waals surface area (Å²) in [5.41, 5.74) is 2.36. The van der Waals surface area contributed by atoms with Gasteiger partial charge in [0, 0.05) is 18.8 Å². The molecule has 1 aliphatic heterocycles. The molecule has 4 heteroatoms. The number of likely N-dealkylation sites (N-methyl/N-ethyl adjacent to an activating group) is 1. The summed E-state index contributed by atoms with van der Waals surface area (Å²) in [7, 11) is 1.47. The van der Waals surface area contributed by atoms with Crippen LogP contribution in [-0.4, -0.2) is 23.8 Å². The lowest BCUT2D eigenvalue weighted by molar-refractivity contribution is -0.135. The summed E-state index contributed by atoms with van der Waals surface area (Å²) < 4.78 is 0. The van der Waals surface area contributed by atoms with Gasteiger partial charge in [-0.3, -0.25) is 14.5 Å². The van der Waals surface area contributed by atoms with Crippen LogP contribution in [0.1, 0.15) is 12.5 Å². The predicted molar refractivity (Wildman–Crippen MR) is 65.3 cm³/mol. The summed E-state index contributed by atoms with van der Waals surface area (Å²) in [5, 5.41) is 2.95. The first-order valence-corrected chi connectivity index (χ1v) is 5.51. The molecule has 0 saturated heterocycles. The largest absolute Gasteiger partial charge is 0.351 e. The standard InChI is InChI=1S/C13H14N2O2/c1-3-9-4-6-10(7-5-9)14-11-8-12(16)15(2)13(11)17/h4-8,14H,3H2,1-2H3. The zero-order valence-electron chi connectivity index (χ0n) is 9.86. The maximum atomic E-state index is 11.6. The van der Waals surface area contributed by atoms with E-state index in [2.05, 4.69) is 12.2 Å². The third kappa shape index (κ3) is 2.20. The highest BCUT2D eigenvalue weighted by Gasteiger charge is 2.27. The van der Waals surface area contributed by atoms with Gasteiger partial charge >= 0.3 is 0 Å². The number of amides is 2. The smallest absolute Gasteiger partial charge is 0.277 e. The van der Waals surface area contributed by atoms with Gasteiger partial charge in [0.2, 0.25) is 0 Å². The van der Waals surface area contributed by atoms with Gasteiger partial charge in [0.15, 0.2) is 0 Å². The van der Waals surface area contributed by atoms with E-state index < -0.39 is 0 Å². The molecule has 2 amide bonds. The molecule has 88 valence electrons. The first-order valence-electron chi connectivity index (χ1n) is 5.51. The molecule has 0 saturated carbocycles. The first-order chi connectivity index (χ1) is 8.11. The van der Waals surface area contributed by atoms with E-state index in [9.17, 15) is 9.59 Å². The van der Waals surface area contributed by atoms with Crippen molar-refractivity contribution in [3.63, 3.8) is 0 Å². The number of carbonyl (C=O) groups excluding carboxylic acids is 2. The molecule has 2 rings (SSSR count). The second kappa shape index (κ2) is 4.41. The van der Waals surface area contributed by atoms with Gasteiger partial charge in [0.25, 0.3) is 11.8 Å². The van der Waals surface area contributed by atoms with Crippen LogP contribution in [0.2, 0.25) is 0 Å². The second-order valence-electron chi connectivity index (χ2n) is 3.94. The molecular formula is C13H14N2O2. The Hall–Kier alpha value is -2.10. The van der Waals surface area contributed by atoms with Gasteiger partial charge in [-0.1, -0.05) is 19.1 Å². The maximum Gasteiger partial charge on any atom is 0.277 e. The molecule has 0 fully saturated rings. The number of aryl methyl sites for hydroxylation is 1. The lowest BCUT2D eigenvalue weighted by Crippen LogP contribution is -2.27. The zero-order chi connectivity index (χ0) is 12.4. The van der Waals surface area contributed by atoms with Crippen molar-refractivity contribution in [2.75, 3.05) is 12.4 Å². The van der Waals surface area contributed by atoms with E-state index >= 15 is 0 Å². The van der Waals surface area contributed by atoms with Crippen LogP contribution >= 0.6 is 0 Å². The van der Waals surface area contributed by atoms with Crippen molar-refractivity contribution in [3.05, 3.63) is 41.6 Å². The van der Waals surface area contributed by atoms with Crippen LogP contribution in [0.3, 0.4) is 0 Å². The topological polar surface area (TPSA) is 49.4 Å². The molecule has 1 N–H and O–H groups in total. The van der Waals surface area contributed by atoms with Crippen molar-refractivity contribution in [3.8, 4) is 0 Å². The molecule has 1 aromatic carbocycles. The number of benzene rings is 1. The molecule has 0 aromatic heterocycles. The van der Waals surface area contributed by atoms with Crippen LogP contribution in [0.25, 0.3) is 0 Å². The van der Waals surface area contributed by atoms with Crippen molar-refractivity contribution in [2.45, 2.75) is 13.3 Å². The normalized spacial score (nSPS) is 15.2. The first kappa shape index (κ1) is 11.4. The van der Waals surface area contributed by atoms with E-state index in [0.29, 0.717) is 5.70 Å². The Labute approximate surface area is 99.9 Å². The highest BCUT2D eigenvalue weighted by atomic mass is 16.2. The average molecular weight is 230 g/mol. The van der Waals surface area contributed by atoms with Gasteiger partial charge in [-0.2, -0.15) is 0 Å². The van der Waals surface area contributed by atoms with Crippen LogP contribution in [0, 0.1) is 0 Å². The van der Waals surface area contributed by atoms with Crippen molar-refractivity contribution in [1.29, 1.82) is 0 Å². The highest BCUT2D eigenvalue weighted by molar-refractivity contribution is 6.17. The second-order valence-corrected chi connectivity index (χ2v) is 3.94. The number of nitrogens with one attached hydrogen (secondary N) is 1. The van der Waals surface area contributed by atoms with E-state index in [1.165, 1.54) is 18.7 Å². The summed E-state index contributed by atoms with van der Waals surface area (Å²) >= 11 is 0. The fraction of sp³-hybridized carbons (Fsp3) is 0.231. The van der Waals surface area contributed by atoms with Crippen molar-refractivity contribution in [1.82, 2.24) is 4.90 Å². The Morgan fingerprint density at radius 1 is 1.18 bits per heavy atom. The van der Waals surface area contributed by atoms with Crippen molar-refractivity contribution >= 4 is 17.5 Å². The Morgan fingerprint density at radius 3 is 2.29 bits per heavy atom. The molecule has 0 bridgehead atoms. The minimum atomic E-state index is -0.297. The quantitative estimate of drug-likeness (QED) is 0.801. The number of hydrogen-bond acceptors (Lipinski definition) is 3. The molecule has 0 unspecified atom stereocenters. The van der Waals surface area contributed by atoms with Gasteiger partial charge in [-0.25, -0.2) is 0 Å². The van der Waals surface area contributed by atoms with Crippen LogP contribution in [0.4, 0.5) is 5.69 Å². The molecule has 1 aromatic rings. The minimum Gasteiger partial charge on any atom is -0.351 e. The summed E-state index contributed by atoms with van der Waals surface area (Å²) in [5.74, 6) is -0.586. The Bertz CT molecular complexity index is 489. The molecule has 4 nitrogen and oxygen atoms in total. The fourth-order valence-electron chi connectivity index (χ4n) is 1.63. The van der Waals surface area contributed by atoms with E-state index in [1.807, 2.05) is 24.3 Å². The van der Waals surface area contributed by atoms with Gasteiger partial charge in [-0.15, -0.1) is 0 Å². The van der Waals surface area contributed by atoms with Crippen LogP contribution < -0.4 is 5.32 Å². The Morgan fingerprint density at radius 2 is 1.82 bits per heavy atom. The zero-order valence-corrected chi connectivity index (χ0v) is 9.86. The number of anilines is 1. The summed E-state index contributed by atoms with van der Waals surface area (Å²) in [4.78, 5) is 24.0. The Balaban J connectivity index is 2.14. The highest BCUT2D eigenvalue weighted by Crippen LogP contribution is 2.16. The summed E-state index contributed by atoms with van der Waals surface area (Å²) in [6.45, 7) is 2.08. The molecule has 0 radical (unpaired) electrons. The predicted octanol–water partition coefficient (Wildman–Crippen LogP) is 1.54. The van der Waals surface area contributed by atoms with Gasteiger partial charge in [0.1, 0.15) is 5.70 Å². The molecule has 0 atom stereocenters. The molecular weight excluding hydrogens is 216 g/mol. The van der Waals surface area contributed by atoms with E-state index in [-0.39, 0.29) is 11.8 Å². The molecule has 0 spiro atoms. The third-order valence-corrected chi connectivity index (χ3v) is 2.77. The summed E-state index contributed by atoms with van der Waals surface area (Å²) in [6, 6.07) is 7.78. The third-order valence-electron chi connectivity index (χ3n) is 2.77. The molecule has 0 aliphatic carbocycles. The maximum absolute atomic E-state index is 11.6. The van der Waals surface area contributed by atoms with Gasteiger partial charge in [-0.05, 0) is 24.1 Å². The van der Waals surface area contributed by atoms with Crippen LogP contribution in [0.5, 0.6) is 0 Å². The van der Waals surface area contributed by atoms with E-state index in [1.54, 1.807) is 0 Å². The summed E-state index contributed by atoms with van der Waals surface area (Å²) in [6.07, 6.45) is 2.29. The lowest BCUT2D eigenvalue weighted by atomic mass is 10.1. The van der Waals surface area contributed by atoms with E-state index in [0.717, 1.165) is 17.0 Å². The van der Waals surface area contributed by atoms with Crippen LogP contribution in [-0.2, 0) is 16.0 Å². The SMILES string of the molecule is CCc1ccc(NC2=CC(=O)N(C)C2=O)cc1. The number of imide groups is 1. The number of hydrogen-bond donors (Lipinski definition) is 1. The number of nitrogens with zero attached hydrogens (tertiary/aromatic N) is 1. The van der Waals surface area contributed by atoms with Crippen molar-refractivity contribution < 1.29 is 9.59 Å². The molecule has 1 aliphatic rings. The fourth-order valence-corrected chi connectivity index (χ4v) is 1.63. The minimum absolute atomic E-state index is 0.289. The van der Waals surface area contributed by atoms with Crippen LogP contribution in [0.15, 0.2) is 36.0 Å². The number of rotatable bonds is 3.